The van der Waals surface area contributed by atoms with Crippen molar-refractivity contribution in [3.63, 3.8) is 0 Å². The minimum absolute atomic E-state index is 0.164. The van der Waals surface area contributed by atoms with E-state index in [1.165, 1.54) is 85.1 Å². The van der Waals surface area contributed by atoms with Crippen LogP contribution in [0.2, 0.25) is 0 Å². The lowest BCUT2D eigenvalue weighted by atomic mass is 9.74. The number of fused-ring (bicyclic) bond motifs is 21. The average molecular weight is 516 g/mol. The summed E-state index contributed by atoms with van der Waals surface area (Å²) < 4.78 is 2.74. The first-order valence-corrected chi connectivity index (χ1v) is 14.9. The lowest BCUT2D eigenvalue weighted by molar-refractivity contribution is 0.622. The highest BCUT2D eigenvalue weighted by molar-refractivity contribution is 7.19. The average Bonchev–Trinajstić information content (AvgIpc) is 3.73. The van der Waals surface area contributed by atoms with Crippen LogP contribution in [0.1, 0.15) is 28.8 Å². The van der Waals surface area contributed by atoms with Crippen LogP contribution in [-0.4, -0.2) is 16.2 Å². The fourth-order valence-electron chi connectivity index (χ4n) is 7.22. The quantitative estimate of drug-likeness (QED) is 0.189. The molecule has 0 saturated carbocycles. The second kappa shape index (κ2) is 6.27. The van der Waals surface area contributed by atoms with Crippen LogP contribution in [0, 0.1) is 0 Å². The van der Waals surface area contributed by atoms with Crippen LogP contribution in [-0.2, 0) is 0 Å². The van der Waals surface area contributed by atoms with Crippen molar-refractivity contribution in [3.8, 4) is 11.1 Å². The van der Waals surface area contributed by atoms with Gasteiger partial charge in [0.25, 0.3) is 0 Å². The summed E-state index contributed by atoms with van der Waals surface area (Å²) in [5.41, 5.74) is 6.73. The molecule has 8 aromatic rings. The molecule has 170 valence electrons. The van der Waals surface area contributed by atoms with E-state index < -0.39 is 0 Å². The molecule has 0 saturated heterocycles. The molecule has 5 aromatic heterocycles. The van der Waals surface area contributed by atoms with E-state index in [9.17, 15) is 0 Å². The van der Waals surface area contributed by atoms with Crippen molar-refractivity contribution in [1.82, 2.24) is 9.97 Å². The van der Waals surface area contributed by atoms with Gasteiger partial charge in [0.05, 0.1) is 17.1 Å². The van der Waals surface area contributed by atoms with Crippen molar-refractivity contribution in [2.24, 2.45) is 4.99 Å². The first-order valence-electron chi connectivity index (χ1n) is 12.3. The normalized spacial score (nSPS) is 18.9. The summed E-state index contributed by atoms with van der Waals surface area (Å²) in [6.45, 7) is 0. The third-order valence-electron chi connectivity index (χ3n) is 8.49. The molecule has 0 amide bonds. The van der Waals surface area contributed by atoms with Gasteiger partial charge in [-0.25, -0.2) is 0 Å². The lowest BCUT2D eigenvalue weighted by Gasteiger charge is -2.31. The molecule has 6 heteroatoms. The third kappa shape index (κ3) is 1.96. The number of thiophene rings is 3. The van der Waals surface area contributed by atoms with E-state index in [2.05, 4.69) is 75.0 Å². The Hall–Kier alpha value is -3.45. The summed E-state index contributed by atoms with van der Waals surface area (Å²) in [6.07, 6.45) is 7.42. The second-order valence-electron chi connectivity index (χ2n) is 9.97. The van der Waals surface area contributed by atoms with Crippen molar-refractivity contribution in [2.45, 2.75) is 18.4 Å². The third-order valence-corrected chi connectivity index (χ3v) is 11.4. The SMILES string of the molecule is C1=NC2c3c(c4c5[nH]ccc5c5sccc5c4c4c5[nH]ccc5c5sccc5c34)-c3ccsc3C2C1. The number of rotatable bonds is 0. The van der Waals surface area contributed by atoms with E-state index >= 15 is 0 Å². The van der Waals surface area contributed by atoms with Gasteiger partial charge in [0.1, 0.15) is 0 Å². The van der Waals surface area contributed by atoms with Gasteiger partial charge in [0, 0.05) is 76.5 Å². The second-order valence-corrected chi connectivity index (χ2v) is 12.7. The fourth-order valence-corrected chi connectivity index (χ4v) is 10.1. The van der Waals surface area contributed by atoms with Crippen LogP contribution < -0.4 is 0 Å². The topological polar surface area (TPSA) is 43.9 Å². The summed E-state index contributed by atoms with van der Waals surface area (Å²) in [5, 5.41) is 17.6. The summed E-state index contributed by atoms with van der Waals surface area (Å²) in [7, 11) is 0. The van der Waals surface area contributed by atoms with Crippen molar-refractivity contribution in [3.05, 3.63) is 69.3 Å². The largest absolute Gasteiger partial charge is 0.361 e. The van der Waals surface area contributed by atoms with Gasteiger partial charge in [-0.3, -0.25) is 4.99 Å². The number of hydrogen-bond acceptors (Lipinski definition) is 4. The summed E-state index contributed by atoms with van der Waals surface area (Å²) in [4.78, 5) is 14.0. The first-order chi connectivity index (χ1) is 17.9. The highest BCUT2D eigenvalue weighted by Crippen LogP contribution is 2.60. The van der Waals surface area contributed by atoms with Crippen LogP contribution in [0.4, 0.5) is 0 Å². The van der Waals surface area contributed by atoms with E-state index in [0.29, 0.717) is 5.92 Å². The van der Waals surface area contributed by atoms with Crippen LogP contribution in [0.25, 0.3) is 74.6 Å². The molecular weight excluding hydrogens is 499 g/mol. The molecule has 2 aliphatic rings. The van der Waals surface area contributed by atoms with Crippen LogP contribution in [0.3, 0.4) is 0 Å². The van der Waals surface area contributed by atoms with Gasteiger partial charge in [-0.2, -0.15) is 0 Å². The summed E-state index contributed by atoms with van der Waals surface area (Å²) in [6, 6.07) is 11.7. The molecule has 1 aliphatic carbocycles. The number of hydrogen-bond donors (Lipinski definition) is 2. The van der Waals surface area contributed by atoms with E-state index in [-0.39, 0.29) is 6.04 Å². The Labute approximate surface area is 216 Å². The lowest BCUT2D eigenvalue weighted by Crippen LogP contribution is -2.13. The zero-order chi connectivity index (χ0) is 23.1. The predicted molar refractivity (Wildman–Crippen MR) is 158 cm³/mol. The maximum Gasteiger partial charge on any atom is 0.0837 e. The van der Waals surface area contributed by atoms with Crippen LogP contribution in [0.15, 0.2) is 63.9 Å². The Kier molecular flexibility index (Phi) is 3.27. The molecular formula is C30H17N3S3. The monoisotopic (exact) mass is 515 g/mol. The zero-order valence-electron chi connectivity index (χ0n) is 18.9. The number of benzene rings is 3. The van der Waals surface area contributed by atoms with Crippen molar-refractivity contribution in [2.75, 3.05) is 0 Å². The zero-order valence-corrected chi connectivity index (χ0v) is 21.3. The van der Waals surface area contributed by atoms with Gasteiger partial charge in [-0.1, -0.05) is 0 Å². The molecule has 3 nitrogen and oxygen atoms in total. The fraction of sp³-hybridized carbons (Fsp3) is 0.100. The molecule has 36 heavy (non-hydrogen) atoms. The minimum Gasteiger partial charge on any atom is -0.361 e. The number of aromatic amines is 2. The number of aromatic nitrogens is 2. The van der Waals surface area contributed by atoms with Gasteiger partial charge in [-0.15, -0.1) is 34.0 Å². The van der Waals surface area contributed by atoms with E-state index in [0.717, 1.165) is 6.42 Å². The molecule has 2 unspecified atom stereocenters. The molecule has 0 fully saturated rings. The molecule has 3 aromatic carbocycles. The smallest absolute Gasteiger partial charge is 0.0837 e. The maximum absolute atomic E-state index is 5.18. The van der Waals surface area contributed by atoms with Gasteiger partial charge in [0.2, 0.25) is 0 Å². The van der Waals surface area contributed by atoms with Crippen molar-refractivity contribution in [1.29, 1.82) is 0 Å². The van der Waals surface area contributed by atoms with Crippen LogP contribution >= 0.6 is 34.0 Å². The van der Waals surface area contributed by atoms with Gasteiger partial charge in [-0.05, 0) is 75.0 Å². The number of nitrogens with one attached hydrogen (secondary N) is 2. The molecule has 0 bridgehead atoms. The van der Waals surface area contributed by atoms with E-state index in [4.69, 9.17) is 4.99 Å². The Morgan fingerprint density at radius 1 is 0.694 bits per heavy atom. The number of H-pyrrole nitrogens is 2. The summed E-state index contributed by atoms with van der Waals surface area (Å²) in [5.74, 6) is 0.435. The number of nitrogens with zero attached hydrogens (tertiary/aromatic N) is 1. The minimum atomic E-state index is 0.164. The maximum atomic E-state index is 5.18. The van der Waals surface area contributed by atoms with Crippen molar-refractivity contribution >= 4 is 104 Å². The van der Waals surface area contributed by atoms with E-state index in [1.54, 1.807) is 0 Å². The standard InChI is InChI=1S/C30H17N3S3/c1-7-31-25-16(1)28-13(4-10-34-28)19-22(25)20-14-5-11-35-29(14)18-3-9-33-27(18)24(20)21-15-6-12-36-30(15)17-2-8-32-26(17)23(19)21/h1-2,4-12,18,27,31-32H,3H2. The van der Waals surface area contributed by atoms with Crippen molar-refractivity contribution < 1.29 is 0 Å². The van der Waals surface area contributed by atoms with Crippen LogP contribution in [0.5, 0.6) is 0 Å². The Bertz CT molecular complexity index is 2260. The number of aliphatic imine (C=N–C) groups is 1. The van der Waals surface area contributed by atoms with Gasteiger partial charge >= 0.3 is 0 Å². The molecule has 1 aliphatic heterocycles. The molecule has 0 spiro atoms. The van der Waals surface area contributed by atoms with Gasteiger partial charge in [0.15, 0.2) is 0 Å². The predicted octanol–water partition coefficient (Wildman–Crippen LogP) is 9.73. The molecule has 2 atom stereocenters. The highest BCUT2D eigenvalue weighted by atomic mass is 32.1. The molecule has 10 rings (SSSR count). The Morgan fingerprint density at radius 2 is 1.39 bits per heavy atom. The molecule has 0 radical (unpaired) electrons. The first kappa shape index (κ1) is 18.8. The molecule has 6 heterocycles. The molecule has 2 N–H and O–H groups in total. The van der Waals surface area contributed by atoms with Gasteiger partial charge < -0.3 is 9.97 Å². The van der Waals surface area contributed by atoms with E-state index in [1.807, 2.05) is 34.0 Å². The Balaban J connectivity index is 1.66. The summed E-state index contributed by atoms with van der Waals surface area (Å²) >= 11 is 5.61. The Morgan fingerprint density at radius 3 is 2.17 bits per heavy atom. The highest BCUT2D eigenvalue weighted by Gasteiger charge is 2.40.